The van der Waals surface area contributed by atoms with E-state index in [1.54, 1.807) is 0 Å². The first kappa shape index (κ1) is 12.1. The van der Waals surface area contributed by atoms with Gasteiger partial charge in [-0.05, 0) is 25.3 Å². The van der Waals surface area contributed by atoms with Gasteiger partial charge < -0.3 is 9.47 Å². The van der Waals surface area contributed by atoms with Crippen molar-refractivity contribution in [1.82, 2.24) is 0 Å². The molecule has 4 nitrogen and oxygen atoms in total. The van der Waals surface area contributed by atoms with Crippen LogP contribution < -0.4 is 0 Å². The Kier molecular flexibility index (Phi) is 3.47. The predicted molar refractivity (Wildman–Crippen MR) is 60.7 cm³/mol. The normalized spacial score (nSPS) is 35.2. The Hall–Kier alpha value is -1.36. The van der Waals surface area contributed by atoms with Crippen LogP contribution in [0, 0.1) is 28.6 Å². The fourth-order valence-electron chi connectivity index (χ4n) is 2.80. The lowest BCUT2D eigenvalue weighted by atomic mass is 9.96. The summed E-state index contributed by atoms with van der Waals surface area (Å²) in [5.74, 6) is 0.330. The first-order valence-electron chi connectivity index (χ1n) is 6.03. The molecule has 0 aliphatic carbocycles. The van der Waals surface area contributed by atoms with E-state index in [9.17, 15) is 0 Å². The maximum Gasteiger partial charge on any atom is 0.131 e. The van der Waals surface area contributed by atoms with E-state index in [0.717, 1.165) is 18.4 Å². The minimum absolute atomic E-state index is 0.0146. The highest BCUT2D eigenvalue weighted by Crippen LogP contribution is 2.42. The third-order valence-corrected chi connectivity index (χ3v) is 3.67. The average Bonchev–Trinajstić information content (AvgIpc) is 2.59. The Morgan fingerprint density at radius 2 is 2.18 bits per heavy atom. The standard InChI is InChI=1S/C13H16N2O2/c1-3-16-12-8(2)11-5-4-10(13(12)17-11)9(6-14)7-15/h8,11-13H,3-5H2,1-2H3/t8-,11-,12-,13+/m0/s1. The molecule has 17 heavy (non-hydrogen) atoms. The van der Waals surface area contributed by atoms with E-state index in [-0.39, 0.29) is 23.9 Å². The van der Waals surface area contributed by atoms with Gasteiger partial charge in [-0.2, -0.15) is 10.5 Å². The van der Waals surface area contributed by atoms with Crippen LogP contribution in [-0.4, -0.2) is 24.9 Å². The van der Waals surface area contributed by atoms with Crippen LogP contribution in [0.4, 0.5) is 0 Å². The molecule has 2 saturated heterocycles. The van der Waals surface area contributed by atoms with Crippen molar-refractivity contribution in [2.45, 2.75) is 45.0 Å². The fraction of sp³-hybridized carbons (Fsp3) is 0.692. The Morgan fingerprint density at radius 1 is 1.47 bits per heavy atom. The molecule has 0 amide bonds. The highest BCUT2D eigenvalue weighted by molar-refractivity contribution is 5.43. The van der Waals surface area contributed by atoms with Crippen molar-refractivity contribution >= 4 is 0 Å². The van der Waals surface area contributed by atoms with Gasteiger partial charge in [-0.1, -0.05) is 6.92 Å². The van der Waals surface area contributed by atoms with Crippen LogP contribution in [0.5, 0.6) is 0 Å². The molecule has 2 fully saturated rings. The second kappa shape index (κ2) is 4.87. The van der Waals surface area contributed by atoms with Crippen LogP contribution >= 0.6 is 0 Å². The lowest BCUT2D eigenvalue weighted by molar-refractivity contribution is -0.0149. The highest BCUT2D eigenvalue weighted by atomic mass is 16.6. The van der Waals surface area contributed by atoms with Gasteiger partial charge in [-0.15, -0.1) is 0 Å². The smallest absolute Gasteiger partial charge is 0.131 e. The molecule has 2 bridgehead atoms. The average molecular weight is 232 g/mol. The first-order valence-corrected chi connectivity index (χ1v) is 6.03. The molecule has 0 spiro atoms. The largest absolute Gasteiger partial charge is 0.375 e. The molecule has 0 N–H and O–H groups in total. The Bertz CT molecular complexity index is 400. The second-order valence-electron chi connectivity index (χ2n) is 4.54. The predicted octanol–water partition coefficient (Wildman–Crippen LogP) is 1.93. The third kappa shape index (κ3) is 1.95. The number of fused-ring (bicyclic) bond motifs is 2. The Labute approximate surface area is 101 Å². The third-order valence-electron chi connectivity index (χ3n) is 3.67. The molecule has 0 unspecified atom stereocenters. The minimum Gasteiger partial charge on any atom is -0.375 e. The Balaban J connectivity index is 2.33. The number of hydrogen-bond acceptors (Lipinski definition) is 4. The van der Waals surface area contributed by atoms with E-state index in [1.165, 1.54) is 0 Å². The number of rotatable bonds is 2. The molecule has 0 aromatic carbocycles. The van der Waals surface area contributed by atoms with Crippen LogP contribution in [0.1, 0.15) is 26.7 Å². The molecule has 4 heteroatoms. The highest BCUT2D eigenvalue weighted by Gasteiger charge is 2.47. The molecule has 2 rings (SSSR count). The van der Waals surface area contributed by atoms with E-state index >= 15 is 0 Å². The summed E-state index contributed by atoms with van der Waals surface area (Å²) in [5, 5.41) is 17.9. The van der Waals surface area contributed by atoms with Gasteiger partial charge in [0.25, 0.3) is 0 Å². The van der Waals surface area contributed by atoms with E-state index in [2.05, 4.69) is 6.92 Å². The maximum atomic E-state index is 8.96. The van der Waals surface area contributed by atoms with Crippen LogP contribution in [-0.2, 0) is 9.47 Å². The minimum atomic E-state index is -0.196. The van der Waals surface area contributed by atoms with E-state index in [0.29, 0.717) is 12.5 Å². The van der Waals surface area contributed by atoms with Crippen molar-refractivity contribution in [2.24, 2.45) is 5.92 Å². The van der Waals surface area contributed by atoms with Crippen LogP contribution in [0.15, 0.2) is 11.1 Å². The van der Waals surface area contributed by atoms with Gasteiger partial charge in [0, 0.05) is 12.5 Å². The molecular weight excluding hydrogens is 216 g/mol. The number of nitrogens with zero attached hydrogens (tertiary/aromatic N) is 2. The lowest BCUT2D eigenvalue weighted by Crippen LogP contribution is -2.30. The Morgan fingerprint density at radius 3 is 2.76 bits per heavy atom. The molecule has 0 saturated carbocycles. The maximum absolute atomic E-state index is 8.96. The number of ether oxygens (including phenoxy) is 2. The summed E-state index contributed by atoms with van der Waals surface area (Å²) in [5.41, 5.74) is 1.03. The van der Waals surface area contributed by atoms with Crippen molar-refractivity contribution in [3.63, 3.8) is 0 Å². The van der Waals surface area contributed by atoms with Crippen LogP contribution in [0.3, 0.4) is 0 Å². The fourth-order valence-corrected chi connectivity index (χ4v) is 2.80. The SMILES string of the molecule is CCO[C@H]1[C@@H](C)[C@@H]2CCC(=C(C#N)C#N)[C@H]1O2. The molecule has 90 valence electrons. The molecule has 2 aliphatic rings. The topological polar surface area (TPSA) is 66.0 Å². The van der Waals surface area contributed by atoms with Crippen molar-refractivity contribution < 1.29 is 9.47 Å². The van der Waals surface area contributed by atoms with Crippen molar-refractivity contribution in [1.29, 1.82) is 10.5 Å². The van der Waals surface area contributed by atoms with Gasteiger partial charge in [0.1, 0.15) is 23.8 Å². The van der Waals surface area contributed by atoms with Crippen molar-refractivity contribution in [3.05, 3.63) is 11.1 Å². The zero-order valence-corrected chi connectivity index (χ0v) is 10.1. The summed E-state index contributed by atoms with van der Waals surface area (Å²) in [6.07, 6.45) is 1.65. The van der Waals surface area contributed by atoms with Crippen LogP contribution in [0.2, 0.25) is 0 Å². The number of allylic oxidation sites excluding steroid dienone is 1. The lowest BCUT2D eigenvalue weighted by Gasteiger charge is -2.25. The molecule has 2 aliphatic heterocycles. The van der Waals surface area contributed by atoms with Crippen LogP contribution in [0.25, 0.3) is 0 Å². The molecular formula is C13H16N2O2. The summed E-state index contributed by atoms with van der Waals surface area (Å²) in [7, 11) is 0. The van der Waals surface area contributed by atoms with Gasteiger partial charge in [-0.25, -0.2) is 0 Å². The molecule has 0 aromatic rings. The first-order chi connectivity index (χ1) is 8.22. The summed E-state index contributed by atoms with van der Waals surface area (Å²) in [6, 6.07) is 3.93. The second-order valence-corrected chi connectivity index (χ2v) is 4.54. The zero-order valence-electron chi connectivity index (χ0n) is 10.1. The van der Waals surface area contributed by atoms with Gasteiger partial charge in [0.15, 0.2) is 0 Å². The quantitative estimate of drug-likeness (QED) is 0.682. The number of nitriles is 2. The summed E-state index contributed by atoms with van der Waals surface area (Å²) in [4.78, 5) is 0. The molecule has 4 atom stereocenters. The van der Waals surface area contributed by atoms with Gasteiger partial charge in [0.2, 0.25) is 0 Å². The monoisotopic (exact) mass is 232 g/mol. The van der Waals surface area contributed by atoms with Crippen molar-refractivity contribution in [2.75, 3.05) is 6.61 Å². The van der Waals surface area contributed by atoms with Crippen molar-refractivity contribution in [3.8, 4) is 12.1 Å². The van der Waals surface area contributed by atoms with E-state index in [4.69, 9.17) is 20.0 Å². The van der Waals surface area contributed by atoms with E-state index in [1.807, 2.05) is 19.1 Å². The molecule has 0 aromatic heterocycles. The molecule has 0 radical (unpaired) electrons. The van der Waals surface area contributed by atoms with Gasteiger partial charge in [-0.3, -0.25) is 0 Å². The summed E-state index contributed by atoms with van der Waals surface area (Å²) < 4.78 is 11.6. The van der Waals surface area contributed by atoms with E-state index < -0.39 is 0 Å². The van der Waals surface area contributed by atoms with Gasteiger partial charge >= 0.3 is 0 Å². The summed E-state index contributed by atoms with van der Waals surface area (Å²) in [6.45, 7) is 4.70. The number of hydrogen-bond donors (Lipinski definition) is 0. The summed E-state index contributed by atoms with van der Waals surface area (Å²) >= 11 is 0. The van der Waals surface area contributed by atoms with Gasteiger partial charge in [0.05, 0.1) is 12.2 Å². The molecule has 2 heterocycles. The zero-order chi connectivity index (χ0) is 12.4.